The van der Waals surface area contributed by atoms with Gasteiger partial charge in [0.25, 0.3) is 0 Å². The fourth-order valence-electron chi connectivity index (χ4n) is 6.79. The van der Waals surface area contributed by atoms with Crippen LogP contribution in [0.3, 0.4) is 0 Å². The number of rotatable bonds is 8. The van der Waals surface area contributed by atoms with E-state index in [2.05, 4.69) is 38.4 Å². The highest BCUT2D eigenvalue weighted by Crippen LogP contribution is 2.46. The first-order chi connectivity index (χ1) is 18.8. The number of likely N-dealkylation sites (tertiary alicyclic amines) is 1. The number of halogens is 1. The van der Waals surface area contributed by atoms with Gasteiger partial charge in [-0.15, -0.1) is 0 Å². The number of aromatic nitrogens is 3. The average Bonchev–Trinajstić information content (AvgIpc) is 3.65. The van der Waals surface area contributed by atoms with Crippen LogP contribution in [0.15, 0.2) is 36.5 Å². The number of β-amino-alcohol motifs (C(OH)–C–C–N with tert-alkyl or cyclic N) is 1. The number of fused-ring (bicyclic) bond motifs is 3. The number of piperidine rings is 1. The zero-order chi connectivity index (χ0) is 27.3. The van der Waals surface area contributed by atoms with Crippen LogP contribution in [0.5, 0.6) is 5.75 Å². The number of ether oxygens (including phenoxy) is 1. The summed E-state index contributed by atoms with van der Waals surface area (Å²) in [6.07, 6.45) is 8.43. The van der Waals surface area contributed by atoms with Crippen molar-refractivity contribution < 1.29 is 14.6 Å². The van der Waals surface area contributed by atoms with Crippen molar-refractivity contribution in [3.8, 4) is 17.1 Å². The number of methoxy groups -OCH3 is 1. The predicted molar refractivity (Wildman–Crippen MR) is 152 cm³/mol. The van der Waals surface area contributed by atoms with Gasteiger partial charge >= 0.3 is 0 Å². The quantitative estimate of drug-likeness (QED) is 0.313. The maximum Gasteiger partial charge on any atom is 0.223 e. The molecular weight excluding hydrogens is 516 g/mol. The van der Waals surface area contributed by atoms with Crippen molar-refractivity contribution in [3.05, 3.63) is 47.1 Å². The Kier molecular flexibility index (Phi) is 6.99. The van der Waals surface area contributed by atoms with E-state index in [0.29, 0.717) is 40.2 Å². The molecule has 3 heterocycles. The molecule has 1 aliphatic heterocycles. The average molecular weight is 551 g/mol. The highest BCUT2D eigenvalue weighted by molar-refractivity contribution is 6.34. The van der Waals surface area contributed by atoms with E-state index in [-0.39, 0.29) is 35.8 Å². The summed E-state index contributed by atoms with van der Waals surface area (Å²) in [5.41, 5.74) is 9.91. The molecule has 2 fully saturated rings. The minimum Gasteiger partial charge on any atom is -0.497 e. The molecule has 2 bridgehead atoms. The number of aromatic amines is 1. The molecule has 1 amide bonds. The number of nitrogens with one attached hydrogen (secondary N) is 2. The number of hydrogen-bond acceptors (Lipinski definition) is 7. The van der Waals surface area contributed by atoms with Gasteiger partial charge in [0.1, 0.15) is 17.1 Å². The van der Waals surface area contributed by atoms with E-state index in [1.54, 1.807) is 13.3 Å². The Morgan fingerprint density at radius 3 is 2.79 bits per heavy atom. The molecule has 5 N–H and O–H groups in total. The van der Waals surface area contributed by atoms with Crippen LogP contribution in [0.1, 0.15) is 37.7 Å². The highest BCUT2D eigenvalue weighted by atomic mass is 35.5. The lowest BCUT2D eigenvalue weighted by Gasteiger charge is -2.33. The second kappa shape index (κ2) is 10.4. The first-order valence-electron chi connectivity index (χ1n) is 13.7. The fraction of sp³-hybridized carbons (Fsp3) is 0.483. The molecule has 0 spiro atoms. The number of carbonyl (C=O) groups is 1. The smallest absolute Gasteiger partial charge is 0.223 e. The van der Waals surface area contributed by atoms with Gasteiger partial charge in [-0.25, -0.2) is 9.97 Å². The van der Waals surface area contributed by atoms with Crippen LogP contribution in [-0.2, 0) is 4.79 Å². The van der Waals surface area contributed by atoms with Crippen LogP contribution in [0.2, 0.25) is 5.02 Å². The molecule has 5 atom stereocenters. The molecule has 9 nitrogen and oxygen atoms in total. The van der Waals surface area contributed by atoms with E-state index < -0.39 is 0 Å². The van der Waals surface area contributed by atoms with Crippen molar-refractivity contribution in [1.82, 2.24) is 19.9 Å². The number of primary amides is 1. The number of amides is 1. The number of carbonyl (C=O) groups excluding carboxylic acids is 1. The highest BCUT2D eigenvalue weighted by Gasteiger charge is 2.47. The normalized spacial score (nSPS) is 25.8. The Bertz CT molecular complexity index is 1410. The van der Waals surface area contributed by atoms with Gasteiger partial charge in [0.2, 0.25) is 5.91 Å². The van der Waals surface area contributed by atoms with Gasteiger partial charge in [0, 0.05) is 18.2 Å². The van der Waals surface area contributed by atoms with Gasteiger partial charge in [-0.3, -0.25) is 4.79 Å². The summed E-state index contributed by atoms with van der Waals surface area (Å²) in [6.45, 7) is 4.38. The van der Waals surface area contributed by atoms with Crippen LogP contribution < -0.4 is 15.8 Å². The van der Waals surface area contributed by atoms with Crippen molar-refractivity contribution >= 4 is 34.4 Å². The van der Waals surface area contributed by atoms with Crippen LogP contribution >= 0.6 is 11.6 Å². The third-order valence-corrected chi connectivity index (χ3v) is 8.92. The van der Waals surface area contributed by atoms with Gasteiger partial charge in [0.15, 0.2) is 5.65 Å². The zero-order valence-electron chi connectivity index (χ0n) is 22.2. The lowest BCUT2D eigenvalue weighted by Crippen LogP contribution is -2.41. The number of aliphatic hydroxyl groups is 1. The topological polar surface area (TPSA) is 129 Å². The van der Waals surface area contributed by atoms with Crippen LogP contribution in [-0.4, -0.2) is 69.8 Å². The molecule has 1 unspecified atom stereocenters. The number of pyridine rings is 1. The monoisotopic (exact) mass is 550 g/mol. The van der Waals surface area contributed by atoms with Crippen LogP contribution in [0.4, 0.5) is 5.69 Å². The number of H-pyrrole nitrogens is 1. The largest absolute Gasteiger partial charge is 0.497 e. The van der Waals surface area contributed by atoms with Crippen LogP contribution in [0.25, 0.3) is 22.6 Å². The Labute approximate surface area is 232 Å². The summed E-state index contributed by atoms with van der Waals surface area (Å²) < 4.78 is 5.57. The molecular formula is C29H35ClN6O3. The summed E-state index contributed by atoms with van der Waals surface area (Å²) in [6, 6.07) is 5.97. The summed E-state index contributed by atoms with van der Waals surface area (Å²) in [7, 11) is 1.68. The Morgan fingerprint density at radius 2 is 2.08 bits per heavy atom. The van der Waals surface area contributed by atoms with Gasteiger partial charge < -0.3 is 30.8 Å². The van der Waals surface area contributed by atoms with Crippen molar-refractivity contribution in [3.63, 3.8) is 0 Å². The van der Waals surface area contributed by atoms with E-state index in [1.807, 2.05) is 19.1 Å². The van der Waals surface area contributed by atoms with Gasteiger partial charge in [-0.2, -0.15) is 0 Å². The van der Waals surface area contributed by atoms with E-state index >= 15 is 0 Å². The molecule has 39 heavy (non-hydrogen) atoms. The molecule has 6 rings (SSSR count). The van der Waals surface area contributed by atoms with Crippen molar-refractivity contribution in [2.45, 2.75) is 44.2 Å². The summed E-state index contributed by atoms with van der Waals surface area (Å²) in [5, 5.41) is 13.8. The number of nitrogens with two attached hydrogens (primary N) is 1. The molecule has 3 aromatic rings. The lowest BCUT2D eigenvalue weighted by atomic mass is 9.86. The van der Waals surface area contributed by atoms with Crippen LogP contribution in [0, 0.1) is 17.8 Å². The maximum atomic E-state index is 12.3. The number of nitrogens with zero attached hydrogens (tertiary/aromatic N) is 3. The fourth-order valence-corrected chi connectivity index (χ4v) is 6.98. The van der Waals surface area contributed by atoms with Crippen molar-refractivity contribution in [1.29, 1.82) is 0 Å². The maximum absolute atomic E-state index is 12.3. The van der Waals surface area contributed by atoms with E-state index in [1.165, 1.54) is 5.56 Å². The van der Waals surface area contributed by atoms with E-state index in [9.17, 15) is 9.90 Å². The molecule has 10 heteroatoms. The van der Waals surface area contributed by atoms with Gasteiger partial charge in [0.05, 0.1) is 36.0 Å². The number of benzene rings is 1. The second-order valence-electron chi connectivity index (χ2n) is 11.2. The van der Waals surface area contributed by atoms with Gasteiger partial charge in [-0.1, -0.05) is 23.8 Å². The molecule has 2 aliphatic carbocycles. The Balaban J connectivity index is 1.34. The first-order valence-corrected chi connectivity index (χ1v) is 14.1. The first kappa shape index (κ1) is 26.1. The second-order valence-corrected chi connectivity index (χ2v) is 11.6. The summed E-state index contributed by atoms with van der Waals surface area (Å²) in [4.78, 5) is 27.6. The third-order valence-electron chi connectivity index (χ3n) is 8.63. The molecule has 2 aromatic heterocycles. The number of aliphatic hydroxyl groups excluding tert-OH is 1. The lowest BCUT2D eigenvalue weighted by molar-refractivity contribution is -0.122. The Hall–Kier alpha value is -3.14. The SMILES string of the molecule is COc1ccc(-c2nc3c(N[C@H]4[C@@H](C(N)=O)[C@@H]5C=C[C@H]4C5)c(Cl)cnc3[nH]2)c(C2CCN(CC(C)O)CC2)c1. The minimum absolute atomic E-state index is 0.135. The van der Waals surface area contributed by atoms with Crippen molar-refractivity contribution in [2.24, 2.45) is 23.5 Å². The number of anilines is 1. The van der Waals surface area contributed by atoms with Gasteiger partial charge in [-0.05, 0) is 80.8 Å². The third kappa shape index (κ3) is 4.88. The summed E-state index contributed by atoms with van der Waals surface area (Å²) in [5.74, 6) is 1.65. The summed E-state index contributed by atoms with van der Waals surface area (Å²) >= 11 is 6.66. The predicted octanol–water partition coefficient (Wildman–Crippen LogP) is 3.94. The number of imidazole rings is 1. The van der Waals surface area contributed by atoms with E-state index in [4.69, 9.17) is 27.1 Å². The molecule has 3 aliphatic rings. The molecule has 1 saturated heterocycles. The molecule has 1 saturated carbocycles. The number of allylic oxidation sites excluding steroid dienone is 1. The molecule has 206 valence electrons. The van der Waals surface area contributed by atoms with E-state index in [0.717, 1.165) is 43.7 Å². The minimum atomic E-state index is -0.333. The Morgan fingerprint density at radius 1 is 1.31 bits per heavy atom. The zero-order valence-corrected chi connectivity index (χ0v) is 23.0. The molecule has 0 radical (unpaired) electrons. The number of hydrogen-bond donors (Lipinski definition) is 4. The molecule has 1 aromatic carbocycles. The standard InChI is InChI=1S/C29H35ClN6O3/c1-15(37)14-36-9-7-16(8-10-36)21-12-19(39-2)5-6-20(21)28-34-26-25(22(30)13-32-29(26)35-28)33-24-18-4-3-17(11-18)23(24)27(31)38/h3-6,12-13,15-18,23-24,37H,7-11,14H2,1-2H3,(H2,31,38)(H2,32,33,34,35)/t15?,17-,18+,23+,24-/m1/s1. The van der Waals surface area contributed by atoms with Crippen molar-refractivity contribution in [2.75, 3.05) is 32.1 Å².